The summed E-state index contributed by atoms with van der Waals surface area (Å²) in [4.78, 5) is 22.0. The Kier molecular flexibility index (Phi) is 5.92. The van der Waals surface area contributed by atoms with Gasteiger partial charge in [0.2, 0.25) is 0 Å². The minimum Gasteiger partial charge on any atom is -0.400 e. The van der Waals surface area contributed by atoms with Gasteiger partial charge in [0, 0.05) is 16.8 Å². The Morgan fingerprint density at radius 1 is 0.786 bits per heavy atom. The lowest BCUT2D eigenvalue weighted by molar-refractivity contribution is 0.111. The van der Waals surface area contributed by atoms with Crippen LogP contribution in [0.3, 0.4) is 0 Å². The molecule has 7 heteroatoms. The lowest BCUT2D eigenvalue weighted by Gasteiger charge is -2.21. The van der Waals surface area contributed by atoms with Gasteiger partial charge >= 0.3 is 7.75 Å². The van der Waals surface area contributed by atoms with E-state index in [9.17, 15) is 14.2 Å². The van der Waals surface area contributed by atoms with E-state index < -0.39 is 7.75 Å². The largest absolute Gasteiger partial charge is 0.541 e. The molecule has 0 saturated heterocycles. The third kappa shape index (κ3) is 5.09. The van der Waals surface area contributed by atoms with Gasteiger partial charge in [0.05, 0.1) is 0 Å². The zero-order valence-electron chi connectivity index (χ0n) is 15.1. The number of aldehydes is 2. The van der Waals surface area contributed by atoms with Crippen molar-refractivity contribution >= 4 is 26.0 Å². The second kappa shape index (κ2) is 8.55. The highest BCUT2D eigenvalue weighted by molar-refractivity contribution is 7.56. The molecule has 0 bridgehead atoms. The molecule has 142 valence electrons. The van der Waals surface area contributed by atoms with Gasteiger partial charge in [0.1, 0.15) is 24.1 Å². The number of rotatable bonds is 8. The van der Waals surface area contributed by atoms with E-state index in [1.807, 2.05) is 19.1 Å². The summed E-state index contributed by atoms with van der Waals surface area (Å²) in [6.07, 6.45) is 1.33. The first-order valence-electron chi connectivity index (χ1n) is 8.44. The van der Waals surface area contributed by atoms with Crippen LogP contribution < -0.4 is 14.1 Å². The second-order valence-corrected chi connectivity index (χ2v) is 7.63. The van der Waals surface area contributed by atoms with E-state index in [1.54, 1.807) is 48.5 Å². The van der Waals surface area contributed by atoms with Gasteiger partial charge in [-0.15, -0.1) is 0 Å². The molecule has 0 spiro atoms. The first kappa shape index (κ1) is 19.4. The quantitative estimate of drug-likeness (QED) is 0.412. The molecule has 0 aliphatic carbocycles. The molecule has 1 N–H and O–H groups in total. The van der Waals surface area contributed by atoms with E-state index in [4.69, 9.17) is 9.05 Å². The zero-order chi connectivity index (χ0) is 20.0. The van der Waals surface area contributed by atoms with E-state index in [2.05, 4.69) is 5.09 Å². The predicted molar refractivity (Wildman–Crippen MR) is 107 cm³/mol. The Morgan fingerprint density at radius 3 is 1.82 bits per heavy atom. The maximum Gasteiger partial charge on any atom is 0.541 e. The van der Waals surface area contributed by atoms with Gasteiger partial charge in [-0.3, -0.25) is 14.7 Å². The van der Waals surface area contributed by atoms with Crippen LogP contribution in [0.2, 0.25) is 0 Å². The number of carbonyl (C=O) groups excluding carboxylic acids is 2. The predicted octanol–water partition coefficient (Wildman–Crippen LogP) is 5.30. The van der Waals surface area contributed by atoms with Crippen molar-refractivity contribution in [3.05, 3.63) is 89.5 Å². The number of hydrogen-bond acceptors (Lipinski definition) is 5. The van der Waals surface area contributed by atoms with Gasteiger partial charge in [-0.25, -0.2) is 4.57 Å². The van der Waals surface area contributed by atoms with Crippen LogP contribution in [0.25, 0.3) is 0 Å². The summed E-state index contributed by atoms with van der Waals surface area (Å²) in [5.41, 5.74) is 2.26. The van der Waals surface area contributed by atoms with Gasteiger partial charge in [-0.2, -0.15) is 0 Å². The number of hydrogen-bond donors (Lipinski definition) is 1. The number of nitrogens with one attached hydrogen (secondary N) is 1. The van der Waals surface area contributed by atoms with Crippen molar-refractivity contribution in [3.8, 4) is 11.5 Å². The highest BCUT2D eigenvalue weighted by Crippen LogP contribution is 2.48. The molecule has 0 aromatic heterocycles. The molecule has 0 fully saturated rings. The molecular weight excluding hydrogens is 377 g/mol. The van der Waals surface area contributed by atoms with Crippen LogP contribution in [-0.4, -0.2) is 12.6 Å². The number of anilines is 1. The number of aryl methyl sites for hydroxylation is 1. The molecular formula is C21H18NO5P. The average molecular weight is 395 g/mol. The summed E-state index contributed by atoms with van der Waals surface area (Å²) >= 11 is 0. The first-order valence-corrected chi connectivity index (χ1v) is 9.99. The average Bonchev–Trinajstić information content (AvgIpc) is 2.68. The van der Waals surface area contributed by atoms with Crippen molar-refractivity contribution in [1.29, 1.82) is 0 Å². The summed E-state index contributed by atoms with van der Waals surface area (Å²) in [6, 6.07) is 19.7. The van der Waals surface area contributed by atoms with Gasteiger partial charge in [0.15, 0.2) is 0 Å². The van der Waals surface area contributed by atoms with E-state index in [0.29, 0.717) is 29.4 Å². The van der Waals surface area contributed by atoms with Crippen molar-refractivity contribution in [1.82, 2.24) is 0 Å². The molecule has 3 rings (SSSR count). The smallest absolute Gasteiger partial charge is 0.400 e. The topological polar surface area (TPSA) is 81.7 Å². The molecule has 0 saturated carbocycles. The fraction of sp³-hybridized carbons (Fsp3) is 0.0476. The molecule has 6 nitrogen and oxygen atoms in total. The highest BCUT2D eigenvalue weighted by atomic mass is 31.2. The monoisotopic (exact) mass is 395 g/mol. The first-order chi connectivity index (χ1) is 13.5. The van der Waals surface area contributed by atoms with Crippen molar-refractivity contribution in [2.45, 2.75) is 6.92 Å². The summed E-state index contributed by atoms with van der Waals surface area (Å²) in [5, 5.41) is 2.80. The minimum atomic E-state index is -3.95. The van der Waals surface area contributed by atoms with Crippen LogP contribution in [0.5, 0.6) is 11.5 Å². The SMILES string of the molecule is Cc1cccc(NP(=O)(Oc2cccc(C=O)c2)Oc2cccc(C=O)c2)c1. The fourth-order valence-electron chi connectivity index (χ4n) is 2.50. The van der Waals surface area contributed by atoms with Gasteiger partial charge in [-0.05, 0) is 48.9 Å². The van der Waals surface area contributed by atoms with Crippen LogP contribution in [0.1, 0.15) is 26.3 Å². The Morgan fingerprint density at radius 2 is 1.32 bits per heavy atom. The van der Waals surface area contributed by atoms with Crippen LogP contribution >= 0.6 is 7.75 Å². The molecule has 3 aromatic rings. The van der Waals surface area contributed by atoms with E-state index in [-0.39, 0.29) is 11.5 Å². The normalized spacial score (nSPS) is 10.8. The van der Waals surface area contributed by atoms with Crippen LogP contribution in [0.4, 0.5) is 5.69 Å². The van der Waals surface area contributed by atoms with Crippen LogP contribution in [-0.2, 0) is 4.57 Å². The Hall–Kier alpha value is -3.37. The summed E-state index contributed by atoms with van der Waals surface area (Å²) in [7, 11) is -3.95. The Labute approximate surface area is 162 Å². The van der Waals surface area contributed by atoms with Crippen molar-refractivity contribution in [3.63, 3.8) is 0 Å². The molecule has 0 unspecified atom stereocenters. The lowest BCUT2D eigenvalue weighted by atomic mass is 10.2. The van der Waals surface area contributed by atoms with Crippen molar-refractivity contribution in [2.75, 3.05) is 5.09 Å². The molecule has 0 amide bonds. The molecule has 0 heterocycles. The molecule has 3 aromatic carbocycles. The highest BCUT2D eigenvalue weighted by Gasteiger charge is 2.29. The standard InChI is InChI=1S/C21H18NO5P/c1-16-5-2-8-19(11-16)22-28(25,26-20-9-3-6-17(12-20)14-23)27-21-10-4-7-18(13-21)15-24/h2-15H,1H3,(H,22,25). The molecule has 0 radical (unpaired) electrons. The lowest BCUT2D eigenvalue weighted by Crippen LogP contribution is -2.10. The Balaban J connectivity index is 1.94. The van der Waals surface area contributed by atoms with Gasteiger partial charge in [-0.1, -0.05) is 36.4 Å². The summed E-state index contributed by atoms with van der Waals surface area (Å²) in [5.74, 6) is 0.416. The van der Waals surface area contributed by atoms with Gasteiger partial charge < -0.3 is 9.05 Å². The zero-order valence-corrected chi connectivity index (χ0v) is 16.0. The molecule has 0 aliphatic rings. The van der Waals surface area contributed by atoms with Crippen LogP contribution in [0, 0.1) is 6.92 Å². The number of carbonyl (C=O) groups is 2. The third-order valence-electron chi connectivity index (χ3n) is 3.72. The Bertz CT molecular complexity index is 993. The van der Waals surface area contributed by atoms with Crippen molar-refractivity contribution < 1.29 is 23.2 Å². The van der Waals surface area contributed by atoms with Crippen molar-refractivity contribution in [2.24, 2.45) is 0 Å². The van der Waals surface area contributed by atoms with Crippen LogP contribution in [0.15, 0.2) is 72.8 Å². The minimum absolute atomic E-state index is 0.208. The summed E-state index contributed by atoms with van der Waals surface area (Å²) < 4.78 is 24.8. The van der Waals surface area contributed by atoms with E-state index in [0.717, 1.165) is 5.56 Å². The molecule has 28 heavy (non-hydrogen) atoms. The molecule has 0 atom stereocenters. The second-order valence-electron chi connectivity index (χ2n) is 6.04. The van der Waals surface area contributed by atoms with E-state index in [1.165, 1.54) is 12.1 Å². The van der Waals surface area contributed by atoms with Gasteiger partial charge in [0.25, 0.3) is 0 Å². The third-order valence-corrected chi connectivity index (χ3v) is 5.16. The summed E-state index contributed by atoms with van der Waals surface area (Å²) in [6.45, 7) is 1.90. The molecule has 0 aliphatic heterocycles. The number of benzene rings is 3. The maximum atomic E-state index is 13.5. The van der Waals surface area contributed by atoms with E-state index >= 15 is 0 Å². The fourth-order valence-corrected chi connectivity index (χ4v) is 3.87. The maximum absolute atomic E-state index is 13.5.